The second-order valence-corrected chi connectivity index (χ2v) is 3.65. The van der Waals surface area contributed by atoms with Gasteiger partial charge in [0.15, 0.2) is 0 Å². The van der Waals surface area contributed by atoms with Gasteiger partial charge in [0.05, 0.1) is 33.9 Å². The second-order valence-electron chi connectivity index (χ2n) is 3.65. The van der Waals surface area contributed by atoms with Crippen LogP contribution in [-0.4, -0.2) is 63.1 Å². The first kappa shape index (κ1) is 16.4. The zero-order chi connectivity index (χ0) is 14.0. The predicted octanol–water partition coefficient (Wildman–Crippen LogP) is -0.839. The van der Waals surface area contributed by atoms with Gasteiger partial charge < -0.3 is 14.8 Å². The van der Waals surface area contributed by atoms with Crippen LogP contribution in [0.4, 0.5) is 0 Å². The van der Waals surface area contributed by atoms with Crippen molar-refractivity contribution in [1.29, 1.82) is 0 Å². The maximum Gasteiger partial charge on any atom is 0.319 e. The van der Waals surface area contributed by atoms with Gasteiger partial charge in [0, 0.05) is 6.54 Å². The highest BCUT2D eigenvalue weighted by Gasteiger charge is 2.18. The third-order valence-corrected chi connectivity index (χ3v) is 2.10. The highest BCUT2D eigenvalue weighted by atomic mass is 16.5. The van der Waals surface area contributed by atoms with Crippen LogP contribution in [0, 0.1) is 0 Å². The van der Waals surface area contributed by atoms with Gasteiger partial charge in [-0.2, -0.15) is 0 Å². The number of hydrogen-bond acceptors (Lipinski definition) is 6. The standard InChI is InChI=1S/C11H20N2O5/c1-4-5-12-9(14)6-13(7-10(15)17-2)8-11(16)18-3/h4-8H2,1-3H3,(H,12,14). The molecule has 7 nitrogen and oxygen atoms in total. The Bertz CT molecular complexity index is 275. The molecule has 0 rings (SSSR count). The first-order valence-electron chi connectivity index (χ1n) is 5.66. The van der Waals surface area contributed by atoms with Crippen molar-refractivity contribution < 1.29 is 23.9 Å². The number of esters is 2. The Kier molecular flexibility index (Phi) is 8.55. The molecular weight excluding hydrogens is 240 g/mol. The molecule has 0 heterocycles. The van der Waals surface area contributed by atoms with Crippen LogP contribution in [0.2, 0.25) is 0 Å². The van der Waals surface area contributed by atoms with Crippen molar-refractivity contribution in [1.82, 2.24) is 10.2 Å². The molecule has 0 fully saturated rings. The molecule has 0 spiro atoms. The predicted molar refractivity (Wildman–Crippen MR) is 63.8 cm³/mol. The molecule has 0 aromatic rings. The van der Waals surface area contributed by atoms with Crippen LogP contribution in [0.3, 0.4) is 0 Å². The number of hydrogen-bond donors (Lipinski definition) is 1. The van der Waals surface area contributed by atoms with Crippen molar-refractivity contribution in [2.45, 2.75) is 13.3 Å². The fourth-order valence-corrected chi connectivity index (χ4v) is 1.19. The quantitative estimate of drug-likeness (QED) is 0.573. The average Bonchev–Trinajstić information content (AvgIpc) is 2.35. The smallest absolute Gasteiger partial charge is 0.319 e. The first-order valence-corrected chi connectivity index (χ1v) is 5.66. The molecule has 7 heteroatoms. The van der Waals surface area contributed by atoms with Crippen LogP contribution < -0.4 is 5.32 Å². The summed E-state index contributed by atoms with van der Waals surface area (Å²) in [6, 6.07) is 0. The van der Waals surface area contributed by atoms with E-state index in [-0.39, 0.29) is 25.5 Å². The average molecular weight is 260 g/mol. The Hall–Kier alpha value is -1.63. The number of carbonyl (C=O) groups excluding carboxylic acids is 3. The van der Waals surface area contributed by atoms with Crippen LogP contribution in [0.1, 0.15) is 13.3 Å². The van der Waals surface area contributed by atoms with Crippen molar-refractivity contribution >= 4 is 17.8 Å². The number of carbonyl (C=O) groups is 3. The Balaban J connectivity index is 4.31. The van der Waals surface area contributed by atoms with Gasteiger partial charge in [0.25, 0.3) is 0 Å². The Morgan fingerprint density at radius 2 is 1.50 bits per heavy atom. The molecule has 0 saturated heterocycles. The molecular formula is C11H20N2O5. The van der Waals surface area contributed by atoms with E-state index in [2.05, 4.69) is 14.8 Å². The summed E-state index contributed by atoms with van der Waals surface area (Å²) in [5.74, 6) is -1.27. The number of nitrogens with zero attached hydrogens (tertiary/aromatic N) is 1. The summed E-state index contributed by atoms with van der Waals surface area (Å²) in [4.78, 5) is 35.1. The summed E-state index contributed by atoms with van der Waals surface area (Å²) in [7, 11) is 2.49. The van der Waals surface area contributed by atoms with Gasteiger partial charge in [0.2, 0.25) is 5.91 Å². The van der Waals surface area contributed by atoms with E-state index in [0.29, 0.717) is 6.54 Å². The van der Waals surface area contributed by atoms with Gasteiger partial charge >= 0.3 is 11.9 Å². The van der Waals surface area contributed by atoms with E-state index in [1.54, 1.807) is 0 Å². The lowest BCUT2D eigenvalue weighted by Gasteiger charge is -2.18. The molecule has 0 aromatic heterocycles. The van der Waals surface area contributed by atoms with Crippen molar-refractivity contribution in [3.05, 3.63) is 0 Å². The molecule has 104 valence electrons. The lowest BCUT2D eigenvalue weighted by Crippen LogP contribution is -2.42. The largest absolute Gasteiger partial charge is 0.468 e. The molecule has 0 unspecified atom stereocenters. The molecule has 1 N–H and O–H groups in total. The summed E-state index contributed by atoms with van der Waals surface area (Å²) < 4.78 is 8.99. The normalized spacial score (nSPS) is 10.0. The molecule has 0 aliphatic heterocycles. The molecule has 0 radical (unpaired) electrons. The molecule has 1 amide bonds. The topological polar surface area (TPSA) is 84.9 Å². The summed E-state index contributed by atoms with van der Waals surface area (Å²) in [6.45, 7) is 2.17. The third-order valence-electron chi connectivity index (χ3n) is 2.10. The number of rotatable bonds is 8. The Labute approximate surface area is 106 Å². The lowest BCUT2D eigenvalue weighted by molar-refractivity contribution is -0.146. The van der Waals surface area contributed by atoms with E-state index >= 15 is 0 Å². The summed E-state index contributed by atoms with van der Waals surface area (Å²) >= 11 is 0. The van der Waals surface area contributed by atoms with E-state index < -0.39 is 11.9 Å². The van der Waals surface area contributed by atoms with Crippen molar-refractivity contribution in [2.75, 3.05) is 40.4 Å². The maximum absolute atomic E-state index is 11.5. The summed E-state index contributed by atoms with van der Waals surface area (Å²) in [5, 5.41) is 2.66. The van der Waals surface area contributed by atoms with Gasteiger partial charge in [-0.3, -0.25) is 19.3 Å². The fraction of sp³-hybridized carbons (Fsp3) is 0.727. The molecule has 0 saturated carbocycles. The van der Waals surface area contributed by atoms with Crippen molar-refractivity contribution in [3.8, 4) is 0 Å². The minimum Gasteiger partial charge on any atom is -0.468 e. The highest BCUT2D eigenvalue weighted by Crippen LogP contribution is 1.92. The Morgan fingerprint density at radius 1 is 1.00 bits per heavy atom. The van der Waals surface area contributed by atoms with Crippen LogP contribution in [0.5, 0.6) is 0 Å². The zero-order valence-corrected chi connectivity index (χ0v) is 11.0. The van der Waals surface area contributed by atoms with Crippen molar-refractivity contribution in [3.63, 3.8) is 0 Å². The van der Waals surface area contributed by atoms with Gasteiger partial charge in [0.1, 0.15) is 0 Å². The monoisotopic (exact) mass is 260 g/mol. The molecule has 0 aromatic carbocycles. The van der Waals surface area contributed by atoms with Gasteiger partial charge in [-0.25, -0.2) is 0 Å². The van der Waals surface area contributed by atoms with Gasteiger partial charge in [-0.05, 0) is 6.42 Å². The third kappa shape index (κ3) is 7.61. The molecule has 0 aliphatic carbocycles. The lowest BCUT2D eigenvalue weighted by atomic mass is 10.4. The maximum atomic E-state index is 11.5. The fourth-order valence-electron chi connectivity index (χ4n) is 1.19. The number of methoxy groups -OCH3 is 2. The van der Waals surface area contributed by atoms with Crippen LogP contribution in [-0.2, 0) is 23.9 Å². The minimum atomic E-state index is -0.512. The van der Waals surface area contributed by atoms with Gasteiger partial charge in [-0.1, -0.05) is 6.92 Å². The van der Waals surface area contributed by atoms with E-state index in [4.69, 9.17) is 0 Å². The number of ether oxygens (including phenoxy) is 2. The van der Waals surface area contributed by atoms with Crippen molar-refractivity contribution in [2.24, 2.45) is 0 Å². The van der Waals surface area contributed by atoms with Crippen LogP contribution in [0.15, 0.2) is 0 Å². The van der Waals surface area contributed by atoms with Crippen LogP contribution in [0.25, 0.3) is 0 Å². The van der Waals surface area contributed by atoms with E-state index in [1.807, 2.05) is 6.92 Å². The summed E-state index contributed by atoms with van der Waals surface area (Å²) in [5.41, 5.74) is 0. The Morgan fingerprint density at radius 3 is 1.89 bits per heavy atom. The second kappa shape index (κ2) is 9.41. The number of amides is 1. The van der Waals surface area contributed by atoms with Crippen LogP contribution >= 0.6 is 0 Å². The number of nitrogens with one attached hydrogen (secondary N) is 1. The first-order chi connectivity index (χ1) is 8.53. The molecule has 0 bridgehead atoms. The van der Waals surface area contributed by atoms with E-state index in [1.165, 1.54) is 19.1 Å². The molecule has 18 heavy (non-hydrogen) atoms. The van der Waals surface area contributed by atoms with Gasteiger partial charge in [-0.15, -0.1) is 0 Å². The molecule has 0 aliphatic rings. The summed E-state index contributed by atoms with van der Waals surface area (Å²) in [6.07, 6.45) is 0.819. The zero-order valence-electron chi connectivity index (χ0n) is 11.0. The highest BCUT2D eigenvalue weighted by molar-refractivity contribution is 5.80. The minimum absolute atomic E-state index is 0.0514. The van der Waals surface area contributed by atoms with E-state index in [9.17, 15) is 14.4 Å². The molecule has 0 atom stereocenters. The SMILES string of the molecule is CCCNC(=O)CN(CC(=O)OC)CC(=O)OC. The van der Waals surface area contributed by atoms with E-state index in [0.717, 1.165) is 6.42 Å².